The molecular weight excluding hydrogens is 236 g/mol. The van der Waals surface area contributed by atoms with Crippen LogP contribution in [-0.4, -0.2) is 33.7 Å². The summed E-state index contributed by atoms with van der Waals surface area (Å²) in [6.07, 6.45) is 8.98. The van der Waals surface area contributed by atoms with E-state index in [1.54, 1.807) is 0 Å². The van der Waals surface area contributed by atoms with Gasteiger partial charge in [-0.3, -0.25) is 9.88 Å². The van der Waals surface area contributed by atoms with Gasteiger partial charge in [-0.05, 0) is 44.4 Å². The second-order valence-electron chi connectivity index (χ2n) is 6.02. The molecule has 19 heavy (non-hydrogen) atoms. The molecule has 1 aliphatic heterocycles. The van der Waals surface area contributed by atoms with Crippen molar-refractivity contribution in [3.63, 3.8) is 0 Å². The zero-order chi connectivity index (χ0) is 13.1. The van der Waals surface area contributed by atoms with Crippen molar-refractivity contribution in [1.29, 1.82) is 0 Å². The monoisotopic (exact) mass is 260 g/mol. The molecule has 0 spiro atoms. The SMILES string of the molecule is OC1CCCCC1C1CCCN1Cc1ccccn1. The third-order valence-electron chi connectivity index (χ3n) is 4.78. The highest BCUT2D eigenvalue weighted by Gasteiger charge is 2.36. The number of nitrogens with zero attached hydrogens (tertiary/aromatic N) is 2. The smallest absolute Gasteiger partial charge is 0.0583 e. The highest BCUT2D eigenvalue weighted by Crippen LogP contribution is 2.35. The van der Waals surface area contributed by atoms with Gasteiger partial charge in [0.25, 0.3) is 0 Å². The van der Waals surface area contributed by atoms with Gasteiger partial charge in [-0.15, -0.1) is 0 Å². The van der Waals surface area contributed by atoms with Gasteiger partial charge in [0.1, 0.15) is 0 Å². The summed E-state index contributed by atoms with van der Waals surface area (Å²) >= 11 is 0. The first-order valence-corrected chi connectivity index (χ1v) is 7.66. The quantitative estimate of drug-likeness (QED) is 0.907. The first kappa shape index (κ1) is 13.1. The van der Waals surface area contributed by atoms with Crippen molar-refractivity contribution >= 4 is 0 Å². The van der Waals surface area contributed by atoms with Crippen LogP contribution in [-0.2, 0) is 6.54 Å². The average molecular weight is 260 g/mol. The fourth-order valence-electron chi connectivity index (χ4n) is 3.82. The van der Waals surface area contributed by atoms with E-state index in [0.717, 1.165) is 25.2 Å². The number of likely N-dealkylation sites (tertiary alicyclic amines) is 1. The van der Waals surface area contributed by atoms with E-state index < -0.39 is 0 Å². The maximum Gasteiger partial charge on any atom is 0.0583 e. The Kier molecular flexibility index (Phi) is 4.14. The van der Waals surface area contributed by atoms with E-state index in [4.69, 9.17) is 0 Å². The molecule has 1 aromatic heterocycles. The van der Waals surface area contributed by atoms with Crippen molar-refractivity contribution in [2.24, 2.45) is 5.92 Å². The van der Waals surface area contributed by atoms with Crippen LogP contribution in [0.4, 0.5) is 0 Å². The Labute approximate surface area is 115 Å². The van der Waals surface area contributed by atoms with Gasteiger partial charge < -0.3 is 5.11 Å². The number of hydrogen-bond donors (Lipinski definition) is 1. The van der Waals surface area contributed by atoms with Gasteiger partial charge in [0.05, 0.1) is 11.8 Å². The summed E-state index contributed by atoms with van der Waals surface area (Å²) in [7, 11) is 0. The molecule has 104 valence electrons. The van der Waals surface area contributed by atoms with Gasteiger partial charge in [0.15, 0.2) is 0 Å². The van der Waals surface area contributed by atoms with Crippen LogP contribution in [0.5, 0.6) is 0 Å². The Morgan fingerprint density at radius 3 is 2.84 bits per heavy atom. The number of pyridine rings is 1. The van der Waals surface area contributed by atoms with Crippen LogP contribution >= 0.6 is 0 Å². The first-order valence-electron chi connectivity index (χ1n) is 7.66. The highest BCUT2D eigenvalue weighted by atomic mass is 16.3. The maximum absolute atomic E-state index is 10.3. The predicted molar refractivity (Wildman–Crippen MR) is 75.6 cm³/mol. The topological polar surface area (TPSA) is 36.4 Å². The Bertz CT molecular complexity index is 395. The summed E-state index contributed by atoms with van der Waals surface area (Å²) in [5.41, 5.74) is 1.15. The number of aliphatic hydroxyl groups is 1. The second-order valence-corrected chi connectivity index (χ2v) is 6.02. The summed E-state index contributed by atoms with van der Waals surface area (Å²) < 4.78 is 0. The van der Waals surface area contributed by atoms with Crippen molar-refractivity contribution in [2.45, 2.75) is 57.2 Å². The highest BCUT2D eigenvalue weighted by molar-refractivity contribution is 5.04. The largest absolute Gasteiger partial charge is 0.393 e. The standard InChI is InChI=1S/C16H24N2O/c19-16-9-2-1-7-14(16)15-8-5-11-18(15)12-13-6-3-4-10-17-13/h3-4,6,10,14-16,19H,1-2,5,7-9,11-12H2. The lowest BCUT2D eigenvalue weighted by Crippen LogP contribution is -2.42. The van der Waals surface area contributed by atoms with Crippen molar-refractivity contribution in [2.75, 3.05) is 6.54 Å². The fraction of sp³-hybridized carbons (Fsp3) is 0.688. The lowest BCUT2D eigenvalue weighted by atomic mass is 9.80. The third-order valence-corrected chi connectivity index (χ3v) is 4.78. The molecule has 1 N–H and O–H groups in total. The fourth-order valence-corrected chi connectivity index (χ4v) is 3.82. The van der Waals surface area contributed by atoms with Crippen LogP contribution in [0.1, 0.15) is 44.2 Å². The van der Waals surface area contributed by atoms with E-state index >= 15 is 0 Å². The molecule has 2 heterocycles. The Morgan fingerprint density at radius 1 is 1.16 bits per heavy atom. The summed E-state index contributed by atoms with van der Waals surface area (Å²) in [4.78, 5) is 6.98. The van der Waals surface area contributed by atoms with Crippen LogP contribution in [0.25, 0.3) is 0 Å². The third kappa shape index (κ3) is 2.98. The molecule has 3 heteroatoms. The van der Waals surface area contributed by atoms with Gasteiger partial charge in [-0.1, -0.05) is 18.9 Å². The number of rotatable bonds is 3. The summed E-state index contributed by atoms with van der Waals surface area (Å²) in [6, 6.07) is 6.70. The van der Waals surface area contributed by atoms with Crippen molar-refractivity contribution < 1.29 is 5.11 Å². The van der Waals surface area contributed by atoms with E-state index in [-0.39, 0.29) is 6.10 Å². The van der Waals surface area contributed by atoms with Crippen LogP contribution in [0.15, 0.2) is 24.4 Å². The van der Waals surface area contributed by atoms with Gasteiger partial charge in [-0.2, -0.15) is 0 Å². The average Bonchev–Trinajstić information content (AvgIpc) is 2.88. The summed E-state index contributed by atoms with van der Waals surface area (Å²) in [5, 5.41) is 10.3. The molecule has 0 radical (unpaired) electrons. The molecule has 3 rings (SSSR count). The zero-order valence-electron chi connectivity index (χ0n) is 11.5. The van der Waals surface area contributed by atoms with E-state index in [1.807, 2.05) is 12.3 Å². The van der Waals surface area contributed by atoms with Gasteiger partial charge in [0.2, 0.25) is 0 Å². The lowest BCUT2D eigenvalue weighted by Gasteiger charge is -2.37. The minimum atomic E-state index is -0.0805. The lowest BCUT2D eigenvalue weighted by molar-refractivity contribution is 0.0199. The zero-order valence-corrected chi connectivity index (χ0v) is 11.5. The predicted octanol–water partition coefficient (Wildman–Crippen LogP) is 2.60. The van der Waals surface area contributed by atoms with Gasteiger partial charge in [-0.25, -0.2) is 0 Å². The molecule has 2 fully saturated rings. The van der Waals surface area contributed by atoms with Gasteiger partial charge >= 0.3 is 0 Å². The van der Waals surface area contributed by atoms with Crippen LogP contribution < -0.4 is 0 Å². The number of hydrogen-bond acceptors (Lipinski definition) is 3. The summed E-state index contributed by atoms with van der Waals surface area (Å²) in [5.74, 6) is 0.486. The second kappa shape index (κ2) is 6.02. The van der Waals surface area contributed by atoms with Crippen LogP contribution in [0, 0.1) is 5.92 Å². The van der Waals surface area contributed by atoms with E-state index in [9.17, 15) is 5.11 Å². The Morgan fingerprint density at radius 2 is 2.05 bits per heavy atom. The maximum atomic E-state index is 10.3. The minimum absolute atomic E-state index is 0.0805. The molecule has 0 aromatic carbocycles. The molecule has 1 saturated heterocycles. The molecule has 3 unspecified atom stereocenters. The molecular formula is C16H24N2O. The molecule has 0 amide bonds. The van der Waals surface area contributed by atoms with Crippen LogP contribution in [0.2, 0.25) is 0 Å². The molecule has 2 aliphatic rings. The molecule has 0 bridgehead atoms. The molecule has 1 aromatic rings. The van der Waals surface area contributed by atoms with Crippen molar-refractivity contribution in [1.82, 2.24) is 9.88 Å². The van der Waals surface area contributed by atoms with Gasteiger partial charge in [0, 0.05) is 24.7 Å². The van der Waals surface area contributed by atoms with Crippen molar-refractivity contribution in [3.8, 4) is 0 Å². The Balaban J connectivity index is 1.67. The number of aromatic nitrogens is 1. The normalized spacial score (nSPS) is 32.6. The van der Waals surface area contributed by atoms with Crippen molar-refractivity contribution in [3.05, 3.63) is 30.1 Å². The minimum Gasteiger partial charge on any atom is -0.393 e. The Hall–Kier alpha value is -0.930. The van der Waals surface area contributed by atoms with E-state index in [2.05, 4.69) is 22.0 Å². The van der Waals surface area contributed by atoms with E-state index in [0.29, 0.717) is 12.0 Å². The molecule has 3 nitrogen and oxygen atoms in total. The van der Waals surface area contributed by atoms with Crippen LogP contribution in [0.3, 0.4) is 0 Å². The summed E-state index contributed by atoms with van der Waals surface area (Å²) in [6.45, 7) is 2.10. The molecule has 3 atom stereocenters. The number of aliphatic hydroxyl groups excluding tert-OH is 1. The first-order chi connectivity index (χ1) is 9.34. The molecule has 1 saturated carbocycles. The van der Waals surface area contributed by atoms with E-state index in [1.165, 1.54) is 32.1 Å². The molecule has 1 aliphatic carbocycles.